The van der Waals surface area contributed by atoms with Crippen molar-refractivity contribution in [2.24, 2.45) is 0 Å². The van der Waals surface area contributed by atoms with Crippen LogP contribution in [0.15, 0.2) is 24.3 Å². The van der Waals surface area contributed by atoms with Crippen molar-refractivity contribution in [3.63, 3.8) is 0 Å². The Labute approximate surface area is 135 Å². The van der Waals surface area contributed by atoms with Crippen molar-refractivity contribution in [2.75, 3.05) is 13.1 Å². The number of aliphatic hydroxyl groups excluding tert-OH is 1. The number of nitrogens with zero attached hydrogens (tertiary/aromatic N) is 2. The van der Waals surface area contributed by atoms with E-state index in [0.29, 0.717) is 13.0 Å². The molecule has 2 heterocycles. The number of carbonyl (C=O) groups is 2. The molecule has 0 aromatic heterocycles. The predicted molar refractivity (Wildman–Crippen MR) is 74.9 cm³/mol. The quantitative estimate of drug-likeness (QED) is 0.849. The third-order valence-electron chi connectivity index (χ3n) is 4.13. The molecule has 9 heteroatoms. The summed E-state index contributed by atoms with van der Waals surface area (Å²) in [6.07, 6.45) is -4.58. The molecule has 0 spiro atoms. The number of halogens is 3. The van der Waals surface area contributed by atoms with Gasteiger partial charge in [0, 0.05) is 6.54 Å². The highest BCUT2D eigenvalue weighted by Gasteiger charge is 2.47. The molecule has 3 amide bonds. The Morgan fingerprint density at radius 2 is 1.92 bits per heavy atom. The summed E-state index contributed by atoms with van der Waals surface area (Å²) in [4.78, 5) is 26.8. The highest BCUT2D eigenvalue weighted by molar-refractivity contribution is 6.04. The zero-order chi connectivity index (χ0) is 17.5. The van der Waals surface area contributed by atoms with Gasteiger partial charge in [0.05, 0.1) is 12.6 Å². The lowest BCUT2D eigenvalue weighted by Gasteiger charge is -2.19. The van der Waals surface area contributed by atoms with E-state index in [2.05, 4.69) is 4.74 Å². The zero-order valence-electron chi connectivity index (χ0n) is 12.5. The van der Waals surface area contributed by atoms with Gasteiger partial charge < -0.3 is 14.7 Å². The van der Waals surface area contributed by atoms with Gasteiger partial charge in [0.25, 0.3) is 5.91 Å². The lowest BCUT2D eigenvalue weighted by Crippen LogP contribution is -2.36. The second-order valence-electron chi connectivity index (χ2n) is 5.72. The highest BCUT2D eigenvalue weighted by atomic mass is 19.4. The molecule has 0 saturated carbocycles. The van der Waals surface area contributed by atoms with Gasteiger partial charge in [-0.3, -0.25) is 9.69 Å². The zero-order valence-corrected chi connectivity index (χ0v) is 12.5. The minimum atomic E-state index is -4.79. The van der Waals surface area contributed by atoms with Crippen LogP contribution in [0.5, 0.6) is 5.75 Å². The van der Waals surface area contributed by atoms with Crippen molar-refractivity contribution < 1.29 is 32.6 Å². The molecule has 1 aromatic carbocycles. The molecule has 1 aromatic rings. The van der Waals surface area contributed by atoms with Gasteiger partial charge in [0.1, 0.15) is 11.8 Å². The van der Waals surface area contributed by atoms with Crippen molar-refractivity contribution in [3.8, 4) is 5.75 Å². The van der Waals surface area contributed by atoms with Crippen LogP contribution in [0.25, 0.3) is 0 Å². The number of aliphatic hydroxyl groups is 1. The van der Waals surface area contributed by atoms with E-state index >= 15 is 0 Å². The van der Waals surface area contributed by atoms with Gasteiger partial charge in [-0.15, -0.1) is 13.2 Å². The number of fused-ring (bicyclic) bond motifs is 1. The number of hydrogen-bond donors (Lipinski definition) is 1. The van der Waals surface area contributed by atoms with Gasteiger partial charge in [-0.25, -0.2) is 4.79 Å². The number of urea groups is 1. The van der Waals surface area contributed by atoms with Crippen LogP contribution in [-0.4, -0.2) is 52.3 Å². The molecule has 130 valence electrons. The average molecular weight is 344 g/mol. The minimum absolute atomic E-state index is 0.232. The smallest absolute Gasteiger partial charge is 0.406 e. The van der Waals surface area contributed by atoms with Gasteiger partial charge in [-0.1, -0.05) is 12.1 Å². The van der Waals surface area contributed by atoms with Gasteiger partial charge in [0.2, 0.25) is 0 Å². The molecule has 1 N–H and O–H groups in total. The molecule has 0 bridgehead atoms. The average Bonchev–Trinajstić information content (AvgIpc) is 3.06. The molecule has 3 rings (SSSR count). The Morgan fingerprint density at radius 1 is 1.25 bits per heavy atom. The van der Waals surface area contributed by atoms with Crippen molar-refractivity contribution >= 4 is 11.9 Å². The molecule has 2 saturated heterocycles. The largest absolute Gasteiger partial charge is 0.573 e. The molecule has 0 radical (unpaired) electrons. The van der Waals surface area contributed by atoms with Gasteiger partial charge in [-0.2, -0.15) is 0 Å². The van der Waals surface area contributed by atoms with E-state index in [1.54, 1.807) is 0 Å². The number of hydrogen-bond acceptors (Lipinski definition) is 4. The molecule has 0 unspecified atom stereocenters. The second-order valence-corrected chi connectivity index (χ2v) is 5.72. The summed E-state index contributed by atoms with van der Waals surface area (Å²) in [6.45, 7) is 0.287. The van der Waals surface area contributed by atoms with Crippen LogP contribution in [0.3, 0.4) is 0 Å². The number of ether oxygens (including phenoxy) is 1. The number of carbonyl (C=O) groups excluding carboxylic acids is 2. The number of benzene rings is 1. The molecule has 6 nitrogen and oxygen atoms in total. The van der Waals surface area contributed by atoms with Crippen LogP contribution in [0.2, 0.25) is 0 Å². The van der Waals surface area contributed by atoms with Crippen molar-refractivity contribution in [3.05, 3.63) is 29.8 Å². The van der Waals surface area contributed by atoms with E-state index < -0.39 is 30.3 Å². The summed E-state index contributed by atoms with van der Waals surface area (Å²) < 4.78 is 40.1. The van der Waals surface area contributed by atoms with Crippen LogP contribution in [0.1, 0.15) is 24.5 Å². The second kappa shape index (κ2) is 5.97. The van der Waals surface area contributed by atoms with Gasteiger partial charge in [-0.05, 0) is 30.5 Å². The normalized spacial score (nSPS) is 22.1. The summed E-state index contributed by atoms with van der Waals surface area (Å²) in [5.74, 6) is -0.749. The standard InChI is InChI=1S/C15H15F3N2O4/c16-15(17,18)24-10-5-3-9(4-6-10)12(21)8-20-13(22)11-2-1-7-19(11)14(20)23/h3-6,11-12,21H,1-2,7-8H2/t11-,12-/m1/s1. The summed E-state index contributed by atoms with van der Waals surface area (Å²) in [5.41, 5.74) is 0.289. The summed E-state index contributed by atoms with van der Waals surface area (Å²) in [7, 11) is 0. The van der Waals surface area contributed by atoms with E-state index in [9.17, 15) is 27.9 Å². The fourth-order valence-electron chi connectivity index (χ4n) is 3.02. The Morgan fingerprint density at radius 3 is 2.50 bits per heavy atom. The molecule has 2 aliphatic rings. The number of β-amino-alcohol motifs (C(OH)–C–C–N with tert-alkyl or cyclic N) is 1. The molecular weight excluding hydrogens is 329 g/mol. The molecular formula is C15H15F3N2O4. The van der Waals surface area contributed by atoms with Crippen molar-refractivity contribution in [2.45, 2.75) is 31.3 Å². The van der Waals surface area contributed by atoms with Gasteiger partial charge >= 0.3 is 12.4 Å². The van der Waals surface area contributed by atoms with Crippen LogP contribution in [-0.2, 0) is 4.79 Å². The molecule has 0 aliphatic carbocycles. The Hall–Kier alpha value is -2.29. The Bertz CT molecular complexity index is 625. The first-order valence-electron chi connectivity index (χ1n) is 7.42. The van der Waals surface area contributed by atoms with Gasteiger partial charge in [0.15, 0.2) is 0 Å². The minimum Gasteiger partial charge on any atom is -0.406 e. The molecule has 2 fully saturated rings. The third kappa shape index (κ3) is 3.16. The molecule has 2 atom stereocenters. The Kier molecular flexibility index (Phi) is 4.12. The van der Waals surface area contributed by atoms with Crippen molar-refractivity contribution in [1.29, 1.82) is 0 Å². The SMILES string of the molecule is O=C1[C@H]2CCCN2C(=O)N1C[C@@H](O)c1ccc(OC(F)(F)F)cc1. The lowest BCUT2D eigenvalue weighted by atomic mass is 10.1. The number of imide groups is 1. The fraction of sp³-hybridized carbons (Fsp3) is 0.467. The summed E-state index contributed by atoms with van der Waals surface area (Å²) in [6, 6.07) is 3.77. The maximum Gasteiger partial charge on any atom is 0.573 e. The third-order valence-corrected chi connectivity index (χ3v) is 4.13. The van der Waals surface area contributed by atoms with E-state index in [4.69, 9.17) is 0 Å². The lowest BCUT2D eigenvalue weighted by molar-refractivity contribution is -0.274. The van der Waals surface area contributed by atoms with Crippen LogP contribution < -0.4 is 4.74 Å². The first-order chi connectivity index (χ1) is 11.3. The first-order valence-corrected chi connectivity index (χ1v) is 7.42. The number of rotatable bonds is 4. The van der Waals surface area contributed by atoms with Crippen molar-refractivity contribution in [1.82, 2.24) is 9.80 Å². The van der Waals surface area contributed by atoms with E-state index in [0.717, 1.165) is 23.5 Å². The van der Waals surface area contributed by atoms with E-state index in [1.807, 2.05) is 0 Å². The highest BCUT2D eigenvalue weighted by Crippen LogP contribution is 2.29. The summed E-state index contributed by atoms with van der Waals surface area (Å²) in [5, 5.41) is 10.2. The topological polar surface area (TPSA) is 70.1 Å². The first kappa shape index (κ1) is 16.6. The summed E-state index contributed by atoms with van der Waals surface area (Å²) >= 11 is 0. The monoisotopic (exact) mass is 344 g/mol. The predicted octanol–water partition coefficient (Wildman–Crippen LogP) is 2.05. The maximum absolute atomic E-state index is 12.2. The van der Waals surface area contributed by atoms with Crippen LogP contribution in [0, 0.1) is 0 Å². The molecule has 2 aliphatic heterocycles. The van der Waals surface area contributed by atoms with Crippen LogP contribution in [0.4, 0.5) is 18.0 Å². The fourth-order valence-corrected chi connectivity index (χ4v) is 3.02. The van der Waals surface area contributed by atoms with Crippen LogP contribution >= 0.6 is 0 Å². The number of alkyl halides is 3. The number of amides is 3. The van der Waals surface area contributed by atoms with E-state index in [-0.39, 0.29) is 18.0 Å². The molecule has 24 heavy (non-hydrogen) atoms. The maximum atomic E-state index is 12.2. The Balaban J connectivity index is 1.66. The van der Waals surface area contributed by atoms with E-state index in [1.165, 1.54) is 17.0 Å².